The van der Waals surface area contributed by atoms with Gasteiger partial charge in [0.05, 0.1) is 5.25 Å². The molecule has 0 radical (unpaired) electrons. The van der Waals surface area contributed by atoms with Gasteiger partial charge in [-0.1, -0.05) is 59.5 Å². The van der Waals surface area contributed by atoms with E-state index in [9.17, 15) is 4.79 Å². The number of carbonyl (C=O) groups excluding carboxylic acids is 1. The Hall–Kier alpha value is -2.38. The number of nitrogens with one attached hydrogen (secondary N) is 2. The smallest absolute Gasteiger partial charge is 0.237 e. The summed E-state index contributed by atoms with van der Waals surface area (Å²) < 4.78 is 0.757. The maximum absolute atomic E-state index is 12.4. The predicted molar refractivity (Wildman–Crippen MR) is 106 cm³/mol. The SMILES string of the molecule is C=CCNc1nnc(S[C@@H](C)C(=O)Nc2ccc3ccccc3c2)s1. The summed E-state index contributed by atoms with van der Waals surface area (Å²) >= 11 is 2.82. The number of fused-ring (bicyclic) bond motifs is 1. The maximum atomic E-state index is 12.4. The van der Waals surface area contributed by atoms with Crippen LogP contribution >= 0.6 is 23.1 Å². The fraction of sp³-hybridized carbons (Fsp3) is 0.167. The van der Waals surface area contributed by atoms with Crippen molar-refractivity contribution in [3.05, 3.63) is 55.1 Å². The minimum Gasteiger partial charge on any atom is -0.357 e. The van der Waals surface area contributed by atoms with E-state index in [-0.39, 0.29) is 11.2 Å². The van der Waals surface area contributed by atoms with E-state index >= 15 is 0 Å². The van der Waals surface area contributed by atoms with E-state index in [0.29, 0.717) is 6.54 Å². The van der Waals surface area contributed by atoms with Crippen LogP contribution in [-0.4, -0.2) is 27.9 Å². The first-order valence-corrected chi connectivity index (χ1v) is 9.50. The molecule has 0 unspecified atom stereocenters. The van der Waals surface area contributed by atoms with Crippen LogP contribution in [0.25, 0.3) is 10.8 Å². The first kappa shape index (κ1) is 17.4. The van der Waals surface area contributed by atoms with Crippen molar-refractivity contribution in [1.82, 2.24) is 10.2 Å². The zero-order chi connectivity index (χ0) is 17.6. The number of hydrogen-bond acceptors (Lipinski definition) is 6. The van der Waals surface area contributed by atoms with Crippen LogP contribution in [0, 0.1) is 0 Å². The summed E-state index contributed by atoms with van der Waals surface area (Å²) in [7, 11) is 0. The summed E-state index contributed by atoms with van der Waals surface area (Å²) in [4.78, 5) is 12.4. The van der Waals surface area contributed by atoms with Crippen LogP contribution in [0.2, 0.25) is 0 Å². The molecule has 2 aromatic carbocycles. The van der Waals surface area contributed by atoms with Crippen molar-refractivity contribution in [2.24, 2.45) is 0 Å². The van der Waals surface area contributed by atoms with Gasteiger partial charge in [0.1, 0.15) is 0 Å². The molecule has 1 amide bonds. The lowest BCUT2D eigenvalue weighted by Gasteiger charge is -2.11. The Morgan fingerprint density at radius 2 is 2.08 bits per heavy atom. The van der Waals surface area contributed by atoms with Crippen LogP contribution in [0.15, 0.2) is 59.5 Å². The number of rotatable bonds is 7. The van der Waals surface area contributed by atoms with Gasteiger partial charge in [-0.15, -0.1) is 16.8 Å². The number of carbonyl (C=O) groups is 1. The molecule has 5 nitrogen and oxygen atoms in total. The molecule has 0 spiro atoms. The van der Waals surface area contributed by atoms with E-state index in [1.807, 2.05) is 49.4 Å². The van der Waals surface area contributed by atoms with Gasteiger partial charge in [0.2, 0.25) is 11.0 Å². The number of nitrogens with zero attached hydrogens (tertiary/aromatic N) is 2. The zero-order valence-corrected chi connectivity index (χ0v) is 15.4. The highest BCUT2D eigenvalue weighted by atomic mass is 32.2. The number of benzene rings is 2. The van der Waals surface area contributed by atoms with Crippen molar-refractivity contribution < 1.29 is 4.79 Å². The van der Waals surface area contributed by atoms with Crippen molar-refractivity contribution in [2.75, 3.05) is 17.2 Å². The molecule has 0 bridgehead atoms. The summed E-state index contributed by atoms with van der Waals surface area (Å²) in [5, 5.41) is 16.9. The van der Waals surface area contributed by atoms with E-state index in [1.54, 1.807) is 6.08 Å². The average Bonchev–Trinajstić information content (AvgIpc) is 3.07. The highest BCUT2D eigenvalue weighted by Crippen LogP contribution is 2.29. The molecule has 1 atom stereocenters. The molecule has 3 aromatic rings. The summed E-state index contributed by atoms with van der Waals surface area (Å²) in [6.07, 6.45) is 1.76. The Balaban J connectivity index is 1.61. The normalized spacial score (nSPS) is 11.9. The van der Waals surface area contributed by atoms with Crippen molar-refractivity contribution >= 4 is 50.6 Å². The highest BCUT2D eigenvalue weighted by Gasteiger charge is 2.17. The molecule has 7 heteroatoms. The van der Waals surface area contributed by atoms with Crippen LogP contribution in [0.5, 0.6) is 0 Å². The molecule has 128 valence electrons. The molecule has 2 N–H and O–H groups in total. The molecule has 0 aliphatic rings. The zero-order valence-electron chi connectivity index (χ0n) is 13.7. The second kappa shape index (κ2) is 8.13. The van der Waals surface area contributed by atoms with Gasteiger partial charge in [-0.05, 0) is 29.8 Å². The largest absolute Gasteiger partial charge is 0.357 e. The average molecular weight is 371 g/mol. The Kier molecular flexibility index (Phi) is 5.67. The van der Waals surface area contributed by atoms with Gasteiger partial charge in [0.25, 0.3) is 0 Å². The summed E-state index contributed by atoms with van der Waals surface area (Å²) in [5.41, 5.74) is 0.793. The van der Waals surface area contributed by atoms with Crippen LogP contribution in [-0.2, 0) is 4.79 Å². The van der Waals surface area contributed by atoms with E-state index in [0.717, 1.165) is 25.9 Å². The van der Waals surface area contributed by atoms with E-state index in [1.165, 1.54) is 23.1 Å². The van der Waals surface area contributed by atoms with Crippen LogP contribution < -0.4 is 10.6 Å². The second-order valence-corrected chi connectivity index (χ2v) is 7.92. The minimum atomic E-state index is -0.272. The molecule has 25 heavy (non-hydrogen) atoms. The van der Waals surface area contributed by atoms with Gasteiger partial charge < -0.3 is 10.6 Å². The second-order valence-electron chi connectivity index (χ2n) is 5.35. The van der Waals surface area contributed by atoms with E-state index < -0.39 is 0 Å². The van der Waals surface area contributed by atoms with Crippen molar-refractivity contribution in [3.63, 3.8) is 0 Å². The fourth-order valence-corrected chi connectivity index (χ4v) is 4.11. The Morgan fingerprint density at radius 1 is 1.28 bits per heavy atom. The van der Waals surface area contributed by atoms with Crippen LogP contribution in [0.4, 0.5) is 10.8 Å². The third-order valence-electron chi connectivity index (χ3n) is 3.47. The fourth-order valence-electron chi connectivity index (χ4n) is 2.20. The molecule has 1 heterocycles. The van der Waals surface area contributed by atoms with Crippen LogP contribution in [0.1, 0.15) is 6.92 Å². The van der Waals surface area contributed by atoms with Gasteiger partial charge in [0, 0.05) is 12.2 Å². The molecule has 0 aliphatic carbocycles. The maximum Gasteiger partial charge on any atom is 0.237 e. The third kappa shape index (κ3) is 4.58. The van der Waals surface area contributed by atoms with E-state index in [4.69, 9.17) is 0 Å². The number of anilines is 2. The molecule has 0 fully saturated rings. The first-order valence-electron chi connectivity index (χ1n) is 7.80. The molecule has 0 saturated heterocycles. The summed E-state index contributed by atoms with van der Waals surface area (Å²) in [6.45, 7) is 6.15. The lowest BCUT2D eigenvalue weighted by atomic mass is 10.1. The molecule has 3 rings (SSSR count). The summed E-state index contributed by atoms with van der Waals surface area (Å²) in [6, 6.07) is 14.0. The number of aromatic nitrogens is 2. The number of amides is 1. The third-order valence-corrected chi connectivity index (χ3v) is 5.53. The number of hydrogen-bond donors (Lipinski definition) is 2. The Morgan fingerprint density at radius 3 is 2.88 bits per heavy atom. The van der Waals surface area contributed by atoms with Gasteiger partial charge in [-0.25, -0.2) is 0 Å². The Bertz CT molecular complexity index is 893. The lowest BCUT2D eigenvalue weighted by molar-refractivity contribution is -0.115. The van der Waals surface area contributed by atoms with Gasteiger partial charge >= 0.3 is 0 Å². The topological polar surface area (TPSA) is 66.9 Å². The van der Waals surface area contributed by atoms with Gasteiger partial charge in [-0.3, -0.25) is 4.79 Å². The van der Waals surface area contributed by atoms with Gasteiger partial charge in [-0.2, -0.15) is 0 Å². The monoisotopic (exact) mass is 370 g/mol. The molecule has 0 saturated carbocycles. The van der Waals surface area contributed by atoms with Crippen molar-refractivity contribution in [3.8, 4) is 0 Å². The standard InChI is InChI=1S/C18H18N4OS2/c1-3-10-19-17-21-22-18(25-17)24-12(2)16(23)20-15-9-8-13-6-4-5-7-14(13)11-15/h3-9,11-12H,1,10H2,2H3,(H,19,21)(H,20,23)/t12-/m0/s1. The highest BCUT2D eigenvalue weighted by molar-refractivity contribution is 8.02. The molecular weight excluding hydrogens is 352 g/mol. The van der Waals surface area contributed by atoms with Crippen molar-refractivity contribution in [1.29, 1.82) is 0 Å². The quantitative estimate of drug-likeness (QED) is 0.476. The first-order chi connectivity index (χ1) is 12.2. The van der Waals surface area contributed by atoms with Crippen molar-refractivity contribution in [2.45, 2.75) is 16.5 Å². The van der Waals surface area contributed by atoms with Gasteiger partial charge in [0.15, 0.2) is 4.34 Å². The van der Waals surface area contributed by atoms with E-state index in [2.05, 4.69) is 27.4 Å². The molecule has 1 aromatic heterocycles. The summed E-state index contributed by atoms with van der Waals surface area (Å²) in [5.74, 6) is -0.0592. The molecular formula is C18H18N4OS2. The van der Waals surface area contributed by atoms with Crippen LogP contribution in [0.3, 0.4) is 0 Å². The predicted octanol–water partition coefficient (Wildman–Crippen LogP) is 4.41. The molecule has 0 aliphatic heterocycles. The Labute approximate surface area is 154 Å². The lowest BCUT2D eigenvalue weighted by Crippen LogP contribution is -2.22. The minimum absolute atomic E-state index is 0.0592. The number of thioether (sulfide) groups is 1.